The minimum atomic E-state index is -0.709. The minimum absolute atomic E-state index is 0.0185. The lowest BCUT2D eigenvalue weighted by molar-refractivity contribution is -0.144. The van der Waals surface area contributed by atoms with Crippen LogP contribution in [0.25, 0.3) is 11.3 Å². The molecule has 2 heterocycles. The molecule has 1 saturated heterocycles. The fourth-order valence-corrected chi connectivity index (χ4v) is 5.37. The number of carbonyl (C=O) groups is 1. The number of aliphatic hydroxyl groups is 1. The SMILES string of the molecule is O=C(C1CCCCC1)N1C[C@@H](n2cc(-c3ccc(F)cc3)nn2)[C@@H](O)C[C@@H]1c1ccc(Cl)cc1. The molecule has 2 aromatic carbocycles. The van der Waals surface area contributed by atoms with Crippen LogP contribution in [0.4, 0.5) is 4.39 Å². The van der Waals surface area contributed by atoms with Gasteiger partial charge in [-0.3, -0.25) is 4.79 Å². The van der Waals surface area contributed by atoms with Gasteiger partial charge >= 0.3 is 0 Å². The van der Waals surface area contributed by atoms with Crippen LogP contribution in [0, 0.1) is 11.7 Å². The van der Waals surface area contributed by atoms with Crippen LogP contribution in [0.1, 0.15) is 56.2 Å². The largest absolute Gasteiger partial charge is 0.391 e. The van der Waals surface area contributed by atoms with Gasteiger partial charge in [-0.1, -0.05) is 48.2 Å². The number of hydrogen-bond donors (Lipinski definition) is 1. The van der Waals surface area contributed by atoms with E-state index < -0.39 is 12.1 Å². The Morgan fingerprint density at radius 3 is 2.44 bits per heavy atom. The lowest BCUT2D eigenvalue weighted by atomic mass is 9.85. The van der Waals surface area contributed by atoms with E-state index in [2.05, 4.69) is 10.3 Å². The molecule has 178 valence electrons. The number of aliphatic hydroxyl groups excluding tert-OH is 1. The van der Waals surface area contributed by atoms with Crippen molar-refractivity contribution in [3.63, 3.8) is 0 Å². The number of halogens is 2. The lowest BCUT2D eigenvalue weighted by Gasteiger charge is -2.44. The Balaban J connectivity index is 1.43. The molecular weight excluding hydrogens is 455 g/mol. The normalized spacial score (nSPS) is 23.7. The molecule has 1 aliphatic heterocycles. The van der Waals surface area contributed by atoms with E-state index in [4.69, 9.17) is 11.6 Å². The van der Waals surface area contributed by atoms with Crippen LogP contribution < -0.4 is 0 Å². The predicted molar refractivity (Wildman–Crippen MR) is 128 cm³/mol. The van der Waals surface area contributed by atoms with Crippen molar-refractivity contribution >= 4 is 17.5 Å². The average molecular weight is 483 g/mol. The summed E-state index contributed by atoms with van der Waals surface area (Å²) in [5.41, 5.74) is 2.31. The first-order valence-electron chi connectivity index (χ1n) is 11.9. The van der Waals surface area contributed by atoms with E-state index in [1.807, 2.05) is 29.2 Å². The Kier molecular flexibility index (Phi) is 6.66. The minimum Gasteiger partial charge on any atom is -0.391 e. The van der Waals surface area contributed by atoms with Crippen molar-refractivity contribution in [3.8, 4) is 11.3 Å². The molecule has 2 aliphatic rings. The summed E-state index contributed by atoms with van der Waals surface area (Å²) < 4.78 is 14.9. The molecule has 1 aliphatic carbocycles. The average Bonchev–Trinajstić information content (AvgIpc) is 3.35. The number of hydrogen-bond acceptors (Lipinski definition) is 4. The van der Waals surface area contributed by atoms with Crippen LogP contribution in [0.15, 0.2) is 54.7 Å². The number of aromatic nitrogens is 3. The summed E-state index contributed by atoms with van der Waals surface area (Å²) in [6, 6.07) is 12.9. The molecule has 1 aromatic heterocycles. The first-order valence-corrected chi connectivity index (χ1v) is 12.3. The molecule has 5 rings (SSSR count). The van der Waals surface area contributed by atoms with Crippen LogP contribution in [0.3, 0.4) is 0 Å². The quantitative estimate of drug-likeness (QED) is 0.555. The van der Waals surface area contributed by atoms with Crippen LogP contribution in [0.2, 0.25) is 5.02 Å². The predicted octanol–water partition coefficient (Wildman–Crippen LogP) is 5.19. The molecule has 1 N–H and O–H groups in total. The van der Waals surface area contributed by atoms with Gasteiger partial charge in [-0.2, -0.15) is 0 Å². The van der Waals surface area contributed by atoms with Crippen molar-refractivity contribution in [2.45, 2.75) is 56.7 Å². The van der Waals surface area contributed by atoms with Crippen molar-refractivity contribution in [1.82, 2.24) is 19.9 Å². The van der Waals surface area contributed by atoms with Crippen LogP contribution in [0.5, 0.6) is 0 Å². The highest BCUT2D eigenvalue weighted by molar-refractivity contribution is 6.30. The molecule has 34 heavy (non-hydrogen) atoms. The Labute approximate surface area is 203 Å². The number of nitrogens with zero attached hydrogens (tertiary/aromatic N) is 4. The van der Waals surface area contributed by atoms with Gasteiger partial charge in [-0.15, -0.1) is 5.10 Å². The Morgan fingerprint density at radius 1 is 1.03 bits per heavy atom. The highest BCUT2D eigenvalue weighted by atomic mass is 35.5. The molecule has 1 saturated carbocycles. The zero-order chi connectivity index (χ0) is 23.7. The summed E-state index contributed by atoms with van der Waals surface area (Å²) in [7, 11) is 0. The molecule has 3 atom stereocenters. The summed E-state index contributed by atoms with van der Waals surface area (Å²) in [4.78, 5) is 15.6. The van der Waals surface area contributed by atoms with E-state index in [1.54, 1.807) is 23.0 Å². The van der Waals surface area contributed by atoms with Gasteiger partial charge in [0.25, 0.3) is 0 Å². The van der Waals surface area contributed by atoms with Crippen molar-refractivity contribution in [2.75, 3.05) is 6.54 Å². The second kappa shape index (κ2) is 9.84. The zero-order valence-corrected chi connectivity index (χ0v) is 19.6. The number of likely N-dealkylation sites (tertiary alicyclic amines) is 1. The highest BCUT2D eigenvalue weighted by Gasteiger charge is 2.41. The Morgan fingerprint density at radius 2 is 1.74 bits per heavy atom. The zero-order valence-electron chi connectivity index (χ0n) is 18.9. The van der Waals surface area contributed by atoms with Crippen LogP contribution in [-0.4, -0.2) is 43.6 Å². The number of amides is 1. The molecular formula is C26H28ClFN4O2. The van der Waals surface area contributed by atoms with E-state index in [-0.39, 0.29) is 23.7 Å². The third-order valence-electron chi connectivity index (χ3n) is 7.15. The van der Waals surface area contributed by atoms with Gasteiger partial charge in [-0.25, -0.2) is 9.07 Å². The molecule has 8 heteroatoms. The van der Waals surface area contributed by atoms with Crippen LogP contribution in [-0.2, 0) is 4.79 Å². The monoisotopic (exact) mass is 482 g/mol. The van der Waals surface area contributed by atoms with Crippen molar-refractivity contribution < 1.29 is 14.3 Å². The van der Waals surface area contributed by atoms with E-state index in [0.717, 1.165) is 36.8 Å². The molecule has 0 bridgehead atoms. The third kappa shape index (κ3) is 4.72. The van der Waals surface area contributed by atoms with Gasteiger partial charge in [0.1, 0.15) is 11.5 Å². The Hall–Kier alpha value is -2.77. The summed E-state index contributed by atoms with van der Waals surface area (Å²) >= 11 is 6.10. The fraction of sp³-hybridized carbons (Fsp3) is 0.423. The van der Waals surface area contributed by atoms with E-state index >= 15 is 0 Å². The van der Waals surface area contributed by atoms with Crippen molar-refractivity contribution in [1.29, 1.82) is 0 Å². The van der Waals surface area contributed by atoms with Gasteiger partial charge in [0.15, 0.2) is 0 Å². The standard InChI is InChI=1S/C26H28ClFN4O2/c27-20-10-6-18(7-11-20)23-14-25(33)24(16-31(23)26(34)19-4-2-1-3-5-19)32-15-22(29-30-32)17-8-12-21(28)13-9-17/h6-13,15,19,23-25,33H,1-5,14,16H2/t23-,24-,25+/m1/s1. The van der Waals surface area contributed by atoms with Gasteiger partial charge < -0.3 is 10.0 Å². The number of benzene rings is 2. The van der Waals surface area contributed by atoms with Crippen LogP contribution >= 0.6 is 11.6 Å². The summed E-state index contributed by atoms with van der Waals surface area (Å²) in [5.74, 6) is -0.149. The summed E-state index contributed by atoms with van der Waals surface area (Å²) in [5, 5.41) is 20.3. The summed E-state index contributed by atoms with van der Waals surface area (Å²) in [6.45, 7) is 0.343. The third-order valence-corrected chi connectivity index (χ3v) is 7.40. The molecule has 2 fully saturated rings. The first kappa shape index (κ1) is 23.0. The molecule has 0 unspecified atom stereocenters. The number of rotatable bonds is 4. The maximum Gasteiger partial charge on any atom is 0.226 e. The van der Waals surface area contributed by atoms with Gasteiger partial charge in [-0.05, 0) is 54.8 Å². The maximum atomic E-state index is 13.7. The van der Waals surface area contributed by atoms with Gasteiger partial charge in [0, 0.05) is 29.5 Å². The molecule has 3 aromatic rings. The van der Waals surface area contributed by atoms with Gasteiger partial charge in [0.05, 0.1) is 24.4 Å². The lowest BCUT2D eigenvalue weighted by Crippen LogP contribution is -2.50. The second-order valence-electron chi connectivity index (χ2n) is 9.35. The maximum absolute atomic E-state index is 13.7. The van der Waals surface area contributed by atoms with E-state index in [1.165, 1.54) is 18.6 Å². The first-order chi connectivity index (χ1) is 16.5. The molecule has 0 radical (unpaired) electrons. The van der Waals surface area contributed by atoms with E-state index in [9.17, 15) is 14.3 Å². The second-order valence-corrected chi connectivity index (χ2v) is 9.79. The molecule has 0 spiro atoms. The Bertz CT molecular complexity index is 1130. The smallest absolute Gasteiger partial charge is 0.226 e. The molecule has 1 amide bonds. The fourth-order valence-electron chi connectivity index (χ4n) is 5.24. The van der Waals surface area contributed by atoms with E-state index in [0.29, 0.717) is 23.7 Å². The van der Waals surface area contributed by atoms with Crippen molar-refractivity contribution in [3.05, 3.63) is 71.1 Å². The van der Waals surface area contributed by atoms with Gasteiger partial charge in [0.2, 0.25) is 5.91 Å². The summed E-state index contributed by atoms with van der Waals surface area (Å²) in [6.07, 6.45) is 6.60. The van der Waals surface area contributed by atoms with Crippen molar-refractivity contribution in [2.24, 2.45) is 5.92 Å². The topological polar surface area (TPSA) is 71.2 Å². The number of carbonyl (C=O) groups excluding carboxylic acids is 1. The highest BCUT2D eigenvalue weighted by Crippen LogP contribution is 2.39. The number of piperidine rings is 1. The molecule has 6 nitrogen and oxygen atoms in total.